The number of imide groups is 1. The van der Waals surface area contributed by atoms with Crippen molar-refractivity contribution in [1.82, 2.24) is 5.32 Å². The van der Waals surface area contributed by atoms with Gasteiger partial charge in [-0.05, 0) is 51.0 Å². The Morgan fingerprint density at radius 1 is 1.07 bits per heavy atom. The zero-order chi connectivity index (χ0) is 21.6. The lowest BCUT2D eigenvalue weighted by Crippen LogP contribution is -2.54. The summed E-state index contributed by atoms with van der Waals surface area (Å²) in [5.41, 5.74) is 2.18. The minimum absolute atomic E-state index is 0.201. The van der Waals surface area contributed by atoms with Gasteiger partial charge >= 0.3 is 5.97 Å². The molecule has 2 aromatic rings. The number of carbonyl (C=O) groups excluding carboxylic acids is 3. The first-order valence-electron chi connectivity index (χ1n) is 10.2. The van der Waals surface area contributed by atoms with E-state index in [1.807, 2.05) is 50.2 Å². The number of fused-ring (bicyclic) bond motifs is 1. The maximum atomic E-state index is 13.6. The number of ether oxygens (including phenoxy) is 1. The smallest absolute Gasteiger partial charge is 0.326 e. The summed E-state index contributed by atoms with van der Waals surface area (Å²) in [5.74, 6) is -2.69. The molecule has 0 unspecified atom stereocenters. The van der Waals surface area contributed by atoms with Crippen LogP contribution in [0, 0.1) is 25.7 Å². The molecule has 4 atom stereocenters. The molecule has 0 aliphatic carbocycles. The molecule has 156 valence electrons. The number of aryl methyl sites for hydroxylation is 2. The average Bonchev–Trinajstić information content (AvgIpc) is 3.17. The number of nitrogens with one attached hydrogen (secondary N) is 1. The number of rotatable bonds is 4. The molecular formula is C24H26N2O4. The molecule has 2 fully saturated rings. The number of anilines is 1. The van der Waals surface area contributed by atoms with Gasteiger partial charge in [0.15, 0.2) is 0 Å². The van der Waals surface area contributed by atoms with Crippen molar-refractivity contribution < 1.29 is 19.1 Å². The number of nitrogens with zero attached hydrogens (tertiary/aromatic N) is 1. The van der Waals surface area contributed by atoms with Crippen LogP contribution < -0.4 is 10.2 Å². The van der Waals surface area contributed by atoms with Crippen LogP contribution in [0.3, 0.4) is 0 Å². The summed E-state index contributed by atoms with van der Waals surface area (Å²) in [6, 6.07) is 14.5. The van der Waals surface area contributed by atoms with Crippen molar-refractivity contribution in [2.75, 3.05) is 11.5 Å². The van der Waals surface area contributed by atoms with Gasteiger partial charge in [0.25, 0.3) is 0 Å². The first-order chi connectivity index (χ1) is 14.3. The molecule has 0 aromatic heterocycles. The molecule has 4 rings (SSSR count). The van der Waals surface area contributed by atoms with E-state index in [2.05, 4.69) is 5.32 Å². The van der Waals surface area contributed by atoms with Crippen LogP contribution in [0.1, 0.15) is 36.6 Å². The lowest BCUT2D eigenvalue weighted by molar-refractivity contribution is -0.153. The van der Waals surface area contributed by atoms with E-state index in [-0.39, 0.29) is 18.4 Å². The van der Waals surface area contributed by atoms with E-state index in [4.69, 9.17) is 4.74 Å². The normalized spacial score (nSPS) is 28.0. The van der Waals surface area contributed by atoms with Crippen molar-refractivity contribution in [3.8, 4) is 0 Å². The second-order valence-corrected chi connectivity index (χ2v) is 8.25. The summed E-state index contributed by atoms with van der Waals surface area (Å²) >= 11 is 0. The summed E-state index contributed by atoms with van der Waals surface area (Å²) < 4.78 is 5.31. The number of hydrogen-bond acceptors (Lipinski definition) is 5. The second-order valence-electron chi connectivity index (χ2n) is 8.25. The molecule has 2 aliphatic rings. The Bertz CT molecular complexity index is 1020. The first-order valence-corrected chi connectivity index (χ1v) is 10.2. The number of amides is 2. The second kappa shape index (κ2) is 7.36. The highest BCUT2D eigenvalue weighted by atomic mass is 16.5. The molecule has 0 radical (unpaired) electrons. The first kappa shape index (κ1) is 20.3. The molecule has 6 nitrogen and oxygen atoms in total. The standard InChI is InChI=1S/C24H26N2O4/c1-5-30-23(29)24(4)19-18(20(25-24)17-9-7-6-8-15(17)3)21(27)26(22(19)28)16-12-10-14(2)11-13-16/h6-13,18-20,25H,5H2,1-4H3/t18-,19+,20-,24+/m0/s1. The van der Waals surface area contributed by atoms with Crippen molar-refractivity contribution in [3.05, 3.63) is 65.2 Å². The van der Waals surface area contributed by atoms with Gasteiger partial charge in [0.2, 0.25) is 11.8 Å². The highest BCUT2D eigenvalue weighted by Gasteiger charge is 2.67. The Kier molecular flexibility index (Phi) is 4.98. The topological polar surface area (TPSA) is 75.7 Å². The number of carbonyl (C=O) groups is 3. The molecule has 2 saturated heterocycles. The predicted octanol–water partition coefficient (Wildman–Crippen LogP) is 3.08. The van der Waals surface area contributed by atoms with Gasteiger partial charge in [0.1, 0.15) is 5.54 Å². The zero-order valence-corrected chi connectivity index (χ0v) is 17.6. The number of benzene rings is 2. The Hall–Kier alpha value is -2.99. The molecule has 2 aliphatic heterocycles. The van der Waals surface area contributed by atoms with E-state index >= 15 is 0 Å². The van der Waals surface area contributed by atoms with Crippen LogP contribution in [0.15, 0.2) is 48.5 Å². The third-order valence-electron chi connectivity index (χ3n) is 6.30. The molecule has 2 amide bonds. The summed E-state index contributed by atoms with van der Waals surface area (Å²) in [6.07, 6.45) is 0. The Balaban J connectivity index is 1.83. The fourth-order valence-electron chi connectivity index (χ4n) is 4.76. The maximum absolute atomic E-state index is 13.6. The summed E-state index contributed by atoms with van der Waals surface area (Å²) in [5, 5.41) is 3.31. The Morgan fingerprint density at radius 3 is 2.37 bits per heavy atom. The average molecular weight is 406 g/mol. The SMILES string of the molecule is CCOC(=O)[C@]1(C)N[C@@H](c2ccccc2C)[C@H]2C(=O)N(c3ccc(C)cc3)C(=O)[C@@H]21. The van der Waals surface area contributed by atoms with Gasteiger partial charge < -0.3 is 4.74 Å². The van der Waals surface area contributed by atoms with Crippen molar-refractivity contribution in [1.29, 1.82) is 0 Å². The highest BCUT2D eigenvalue weighted by molar-refractivity contribution is 6.24. The summed E-state index contributed by atoms with van der Waals surface area (Å²) in [4.78, 5) is 41.3. The van der Waals surface area contributed by atoms with E-state index in [0.717, 1.165) is 16.7 Å². The molecule has 0 bridgehead atoms. The van der Waals surface area contributed by atoms with Gasteiger partial charge in [0.05, 0.1) is 24.1 Å². The monoisotopic (exact) mass is 406 g/mol. The maximum Gasteiger partial charge on any atom is 0.326 e. The van der Waals surface area contributed by atoms with Gasteiger partial charge in [-0.2, -0.15) is 0 Å². The van der Waals surface area contributed by atoms with Gasteiger partial charge in [-0.3, -0.25) is 19.7 Å². The van der Waals surface area contributed by atoms with Crippen LogP contribution in [-0.2, 0) is 19.1 Å². The van der Waals surface area contributed by atoms with E-state index in [1.54, 1.807) is 26.0 Å². The lowest BCUT2D eigenvalue weighted by Gasteiger charge is -2.29. The molecule has 2 aromatic carbocycles. The van der Waals surface area contributed by atoms with Crippen LogP contribution in [0.4, 0.5) is 5.69 Å². The molecule has 0 saturated carbocycles. The van der Waals surface area contributed by atoms with Crippen LogP contribution >= 0.6 is 0 Å². The molecule has 1 N–H and O–H groups in total. The van der Waals surface area contributed by atoms with Crippen molar-refractivity contribution >= 4 is 23.5 Å². The largest absolute Gasteiger partial charge is 0.465 e. The molecule has 2 heterocycles. The van der Waals surface area contributed by atoms with E-state index in [0.29, 0.717) is 5.69 Å². The van der Waals surface area contributed by atoms with E-state index in [9.17, 15) is 14.4 Å². The predicted molar refractivity (Wildman–Crippen MR) is 113 cm³/mol. The van der Waals surface area contributed by atoms with Crippen molar-refractivity contribution in [3.63, 3.8) is 0 Å². The van der Waals surface area contributed by atoms with Crippen LogP contribution in [0.25, 0.3) is 0 Å². The number of esters is 1. The number of hydrogen-bond donors (Lipinski definition) is 1. The molecular weight excluding hydrogens is 380 g/mol. The Labute approximate surface area is 176 Å². The summed E-state index contributed by atoms with van der Waals surface area (Å²) in [7, 11) is 0. The quantitative estimate of drug-likeness (QED) is 0.624. The minimum atomic E-state index is -1.29. The van der Waals surface area contributed by atoms with Gasteiger partial charge in [-0.1, -0.05) is 42.0 Å². The third kappa shape index (κ3) is 2.94. The van der Waals surface area contributed by atoms with Gasteiger partial charge in [0, 0.05) is 6.04 Å². The van der Waals surface area contributed by atoms with Crippen LogP contribution in [0.2, 0.25) is 0 Å². The fourth-order valence-corrected chi connectivity index (χ4v) is 4.76. The molecule has 0 spiro atoms. The fraction of sp³-hybridized carbons (Fsp3) is 0.375. The molecule has 6 heteroatoms. The molecule has 30 heavy (non-hydrogen) atoms. The minimum Gasteiger partial charge on any atom is -0.465 e. The lowest BCUT2D eigenvalue weighted by atomic mass is 9.80. The van der Waals surface area contributed by atoms with Crippen molar-refractivity contribution in [2.24, 2.45) is 11.8 Å². The van der Waals surface area contributed by atoms with E-state index in [1.165, 1.54) is 4.90 Å². The van der Waals surface area contributed by atoms with Crippen LogP contribution in [-0.4, -0.2) is 29.9 Å². The van der Waals surface area contributed by atoms with Gasteiger partial charge in [-0.15, -0.1) is 0 Å². The van der Waals surface area contributed by atoms with Crippen LogP contribution in [0.5, 0.6) is 0 Å². The highest BCUT2D eigenvalue weighted by Crippen LogP contribution is 2.50. The van der Waals surface area contributed by atoms with Gasteiger partial charge in [-0.25, -0.2) is 4.90 Å². The summed E-state index contributed by atoms with van der Waals surface area (Å²) in [6.45, 7) is 7.51. The van der Waals surface area contributed by atoms with E-state index < -0.39 is 29.4 Å². The Morgan fingerprint density at radius 2 is 1.73 bits per heavy atom. The van der Waals surface area contributed by atoms with Crippen molar-refractivity contribution in [2.45, 2.75) is 39.3 Å². The zero-order valence-electron chi connectivity index (χ0n) is 17.6. The third-order valence-corrected chi connectivity index (χ3v) is 6.30.